The van der Waals surface area contributed by atoms with Gasteiger partial charge in [-0.05, 0) is 38.3 Å². The molecule has 1 aromatic carbocycles. The lowest BCUT2D eigenvalue weighted by molar-refractivity contribution is -0.122. The van der Waals surface area contributed by atoms with Crippen molar-refractivity contribution in [2.45, 2.75) is 26.4 Å². The Labute approximate surface area is 222 Å². The second-order valence-corrected chi connectivity index (χ2v) is 11.2. The summed E-state index contributed by atoms with van der Waals surface area (Å²) >= 11 is 1.50. The first-order valence-corrected chi connectivity index (χ1v) is 13.2. The van der Waals surface area contributed by atoms with Gasteiger partial charge in [-0.3, -0.25) is 14.9 Å². The van der Waals surface area contributed by atoms with Crippen LogP contribution < -0.4 is 10.2 Å². The molecule has 2 aliphatic heterocycles. The standard InChI is InChI=1S/C27H26N6O4S/c1-27(2,3)37-26(36)33-11-9-32(10-12-33)25-29-17-7-5-4-6-15(17)21(30-25)20-19(23(34)31-24(20)35)16-14-28-18-8-13-38-22(16)18/h4-8,13-14,28H,9-12H2,1-3H3,(H,31,34,35). The van der Waals surface area contributed by atoms with E-state index in [0.29, 0.717) is 59.9 Å². The fraction of sp³-hybridized carbons (Fsp3) is 0.296. The summed E-state index contributed by atoms with van der Waals surface area (Å²) < 4.78 is 6.41. The molecule has 4 aromatic rings. The Morgan fingerprint density at radius 1 is 1.00 bits per heavy atom. The van der Waals surface area contributed by atoms with Crippen molar-refractivity contribution in [2.24, 2.45) is 0 Å². The number of hydrogen-bond acceptors (Lipinski definition) is 8. The number of hydrogen-bond donors (Lipinski definition) is 2. The zero-order valence-electron chi connectivity index (χ0n) is 21.2. The minimum atomic E-state index is -0.566. The first-order valence-electron chi connectivity index (χ1n) is 12.3. The summed E-state index contributed by atoms with van der Waals surface area (Å²) in [4.78, 5) is 55.2. The third kappa shape index (κ3) is 4.18. The SMILES string of the molecule is CC(C)(C)OC(=O)N1CCN(c2nc(C3=C(c4c[nH]c5ccsc45)C(=O)NC3=O)c3ccccc3n2)CC1. The zero-order valence-corrected chi connectivity index (χ0v) is 22.0. The Bertz CT molecular complexity index is 1640. The summed E-state index contributed by atoms with van der Waals surface area (Å²) in [6.45, 7) is 7.43. The molecule has 0 aliphatic carbocycles. The number of piperazine rings is 1. The number of ether oxygens (including phenoxy) is 1. The van der Waals surface area contributed by atoms with E-state index in [4.69, 9.17) is 14.7 Å². The molecule has 3 aromatic heterocycles. The summed E-state index contributed by atoms with van der Waals surface area (Å²) in [6.07, 6.45) is 1.41. The molecule has 2 N–H and O–H groups in total. The number of carbonyl (C=O) groups is 3. The van der Waals surface area contributed by atoms with Crippen molar-refractivity contribution in [3.8, 4) is 0 Å². The number of para-hydroxylation sites is 1. The van der Waals surface area contributed by atoms with E-state index in [2.05, 4.69) is 10.3 Å². The number of nitrogens with one attached hydrogen (secondary N) is 2. The lowest BCUT2D eigenvalue weighted by Gasteiger charge is -2.35. The molecule has 194 valence electrons. The van der Waals surface area contributed by atoms with E-state index in [1.165, 1.54) is 11.3 Å². The molecule has 38 heavy (non-hydrogen) atoms. The average Bonchev–Trinajstić information content (AvgIpc) is 3.57. The highest BCUT2D eigenvalue weighted by Crippen LogP contribution is 2.38. The van der Waals surface area contributed by atoms with E-state index in [0.717, 1.165) is 10.2 Å². The number of carbonyl (C=O) groups excluding carboxylic acids is 3. The van der Waals surface area contributed by atoms with Crippen LogP contribution in [0.15, 0.2) is 41.9 Å². The number of aromatic nitrogens is 3. The molecule has 0 atom stereocenters. The van der Waals surface area contributed by atoms with Gasteiger partial charge in [0.25, 0.3) is 11.8 Å². The van der Waals surface area contributed by atoms with Gasteiger partial charge in [0, 0.05) is 43.3 Å². The van der Waals surface area contributed by atoms with Crippen molar-refractivity contribution in [1.29, 1.82) is 0 Å². The van der Waals surface area contributed by atoms with Gasteiger partial charge in [0.1, 0.15) is 5.60 Å². The number of benzene rings is 1. The second kappa shape index (κ2) is 8.95. The quantitative estimate of drug-likeness (QED) is 0.387. The Morgan fingerprint density at radius 2 is 1.74 bits per heavy atom. The summed E-state index contributed by atoms with van der Waals surface area (Å²) in [7, 11) is 0. The first kappa shape index (κ1) is 24.1. The first-order chi connectivity index (χ1) is 18.2. The Hall–Kier alpha value is -4.25. The molecule has 3 amide bonds. The number of aromatic amines is 1. The van der Waals surface area contributed by atoms with Crippen molar-refractivity contribution in [2.75, 3.05) is 31.1 Å². The lowest BCUT2D eigenvalue weighted by Crippen LogP contribution is -2.50. The second-order valence-electron chi connectivity index (χ2n) is 10.2. The maximum absolute atomic E-state index is 13.2. The number of fused-ring (bicyclic) bond motifs is 2. The molecular weight excluding hydrogens is 504 g/mol. The predicted molar refractivity (Wildman–Crippen MR) is 146 cm³/mol. The molecule has 6 rings (SSSR count). The van der Waals surface area contributed by atoms with Gasteiger partial charge in [0.2, 0.25) is 5.95 Å². The zero-order chi connectivity index (χ0) is 26.6. The van der Waals surface area contributed by atoms with E-state index in [1.54, 1.807) is 11.1 Å². The van der Waals surface area contributed by atoms with Crippen molar-refractivity contribution in [1.82, 2.24) is 25.2 Å². The van der Waals surface area contributed by atoms with Crippen LogP contribution in [0, 0.1) is 0 Å². The fourth-order valence-corrected chi connectivity index (χ4v) is 5.66. The number of amides is 3. The minimum Gasteiger partial charge on any atom is -0.444 e. The van der Waals surface area contributed by atoms with Gasteiger partial charge in [0.15, 0.2) is 0 Å². The van der Waals surface area contributed by atoms with Crippen LogP contribution in [0.4, 0.5) is 10.7 Å². The molecule has 10 nitrogen and oxygen atoms in total. The van der Waals surface area contributed by atoms with Gasteiger partial charge in [0.05, 0.1) is 32.6 Å². The average molecular weight is 531 g/mol. The number of rotatable bonds is 3. The summed E-state index contributed by atoms with van der Waals surface area (Å²) in [5.74, 6) is -0.494. The highest BCUT2D eigenvalue weighted by atomic mass is 32.1. The van der Waals surface area contributed by atoms with Crippen LogP contribution >= 0.6 is 11.3 Å². The number of thiophene rings is 1. The Balaban J connectivity index is 1.41. The lowest BCUT2D eigenvalue weighted by atomic mass is 9.99. The number of anilines is 1. The van der Waals surface area contributed by atoms with Crippen LogP contribution in [0.3, 0.4) is 0 Å². The maximum Gasteiger partial charge on any atom is 0.410 e. The molecule has 5 heterocycles. The van der Waals surface area contributed by atoms with Gasteiger partial charge >= 0.3 is 6.09 Å². The highest BCUT2D eigenvalue weighted by Gasteiger charge is 2.36. The molecule has 1 fully saturated rings. The molecule has 0 saturated carbocycles. The highest BCUT2D eigenvalue weighted by molar-refractivity contribution is 7.17. The van der Waals surface area contributed by atoms with E-state index in [9.17, 15) is 14.4 Å². The van der Waals surface area contributed by atoms with E-state index in [1.807, 2.05) is 61.4 Å². The third-order valence-electron chi connectivity index (χ3n) is 6.52. The number of nitrogens with zero attached hydrogens (tertiary/aromatic N) is 4. The normalized spacial score (nSPS) is 16.6. The largest absolute Gasteiger partial charge is 0.444 e. The van der Waals surface area contributed by atoms with E-state index >= 15 is 0 Å². The van der Waals surface area contributed by atoms with Crippen LogP contribution in [-0.2, 0) is 14.3 Å². The summed E-state index contributed by atoms with van der Waals surface area (Å²) in [5.41, 5.74) is 2.61. The monoisotopic (exact) mass is 530 g/mol. The van der Waals surface area contributed by atoms with E-state index in [-0.39, 0.29) is 11.7 Å². The molecule has 0 spiro atoms. The summed E-state index contributed by atoms with van der Waals surface area (Å²) in [6, 6.07) is 9.39. The predicted octanol–water partition coefficient (Wildman–Crippen LogP) is 3.80. The van der Waals surface area contributed by atoms with Crippen LogP contribution in [0.5, 0.6) is 0 Å². The van der Waals surface area contributed by atoms with Crippen molar-refractivity contribution in [3.63, 3.8) is 0 Å². The van der Waals surface area contributed by atoms with Gasteiger partial charge < -0.3 is 19.5 Å². The fourth-order valence-electron chi connectivity index (χ4n) is 4.78. The molecule has 0 radical (unpaired) electrons. The topological polar surface area (TPSA) is 121 Å². The van der Waals surface area contributed by atoms with Crippen molar-refractivity contribution in [3.05, 3.63) is 53.2 Å². The van der Waals surface area contributed by atoms with Gasteiger partial charge in [-0.25, -0.2) is 14.8 Å². The van der Waals surface area contributed by atoms with Crippen LogP contribution in [0.1, 0.15) is 32.0 Å². The Kier molecular flexibility index (Phi) is 5.68. The smallest absolute Gasteiger partial charge is 0.410 e. The molecule has 11 heteroatoms. The molecule has 0 bridgehead atoms. The Morgan fingerprint density at radius 3 is 2.50 bits per heavy atom. The van der Waals surface area contributed by atoms with Gasteiger partial charge in [-0.1, -0.05) is 18.2 Å². The van der Waals surface area contributed by atoms with Crippen LogP contribution in [0.25, 0.3) is 32.3 Å². The molecule has 1 saturated heterocycles. The number of H-pyrrole nitrogens is 1. The minimum absolute atomic E-state index is 0.233. The van der Waals surface area contributed by atoms with Crippen LogP contribution in [-0.4, -0.2) is 69.5 Å². The number of imide groups is 1. The summed E-state index contributed by atoms with van der Waals surface area (Å²) in [5, 5.41) is 5.09. The molecule has 2 aliphatic rings. The van der Waals surface area contributed by atoms with Gasteiger partial charge in [-0.2, -0.15) is 0 Å². The maximum atomic E-state index is 13.2. The van der Waals surface area contributed by atoms with Crippen molar-refractivity contribution < 1.29 is 19.1 Å². The molecule has 0 unspecified atom stereocenters. The van der Waals surface area contributed by atoms with Crippen LogP contribution in [0.2, 0.25) is 0 Å². The third-order valence-corrected chi connectivity index (χ3v) is 7.47. The van der Waals surface area contributed by atoms with Gasteiger partial charge in [-0.15, -0.1) is 11.3 Å². The van der Waals surface area contributed by atoms with E-state index < -0.39 is 17.4 Å². The van der Waals surface area contributed by atoms with Crippen molar-refractivity contribution >= 4 is 67.5 Å². The molecular formula is C27H26N6O4S.